The second kappa shape index (κ2) is 3.55. The Bertz CT molecular complexity index is 533. The number of hydrogen-bond donors (Lipinski definition) is 1. The molecule has 0 aliphatic heterocycles. The molecule has 0 amide bonds. The molecule has 2 rings (SSSR count). The fourth-order valence-corrected chi connectivity index (χ4v) is 1.72. The molecule has 0 saturated carbocycles. The van der Waals surface area contributed by atoms with Crippen LogP contribution in [0.1, 0.15) is 11.4 Å². The molecule has 2 aromatic rings. The van der Waals surface area contributed by atoms with Crippen LogP contribution < -0.4 is 0 Å². The standard InChI is InChI=1S/C10H9ClN2O2/c1-6-8(5-9(14)15)12-10-7(11)3-2-4-13(6)10/h2-4H,5H2,1H3,(H,14,15). The van der Waals surface area contributed by atoms with Gasteiger partial charge in [0.15, 0.2) is 5.65 Å². The van der Waals surface area contributed by atoms with Crippen molar-refractivity contribution < 1.29 is 9.90 Å². The predicted octanol–water partition coefficient (Wildman–Crippen LogP) is 1.92. The van der Waals surface area contributed by atoms with Gasteiger partial charge in [0, 0.05) is 11.9 Å². The molecule has 15 heavy (non-hydrogen) atoms. The number of aromatic nitrogens is 2. The molecule has 0 unspecified atom stereocenters. The summed E-state index contributed by atoms with van der Waals surface area (Å²) >= 11 is 5.95. The van der Waals surface area contributed by atoms with Gasteiger partial charge in [-0.25, -0.2) is 4.98 Å². The van der Waals surface area contributed by atoms with Crippen molar-refractivity contribution in [3.8, 4) is 0 Å². The number of rotatable bonds is 2. The third-order valence-electron chi connectivity index (χ3n) is 2.26. The summed E-state index contributed by atoms with van der Waals surface area (Å²) in [5.74, 6) is -0.891. The van der Waals surface area contributed by atoms with Crippen LogP contribution in [0.4, 0.5) is 0 Å². The lowest BCUT2D eigenvalue weighted by Crippen LogP contribution is -2.02. The van der Waals surface area contributed by atoms with Gasteiger partial charge in [-0.15, -0.1) is 0 Å². The smallest absolute Gasteiger partial charge is 0.309 e. The van der Waals surface area contributed by atoms with E-state index >= 15 is 0 Å². The first-order chi connectivity index (χ1) is 7.09. The first-order valence-electron chi connectivity index (χ1n) is 4.43. The minimum Gasteiger partial charge on any atom is -0.481 e. The Labute approximate surface area is 91.1 Å². The van der Waals surface area contributed by atoms with Gasteiger partial charge >= 0.3 is 5.97 Å². The van der Waals surface area contributed by atoms with Crippen LogP contribution in [0, 0.1) is 6.92 Å². The van der Waals surface area contributed by atoms with Crippen LogP contribution in [0.5, 0.6) is 0 Å². The molecule has 2 aromatic heterocycles. The molecule has 1 N–H and O–H groups in total. The SMILES string of the molecule is Cc1c(CC(=O)O)nc2c(Cl)cccn12. The van der Waals surface area contributed by atoms with E-state index in [1.807, 2.05) is 13.1 Å². The lowest BCUT2D eigenvalue weighted by atomic mass is 10.2. The van der Waals surface area contributed by atoms with Gasteiger partial charge in [0.1, 0.15) is 0 Å². The van der Waals surface area contributed by atoms with Gasteiger partial charge in [-0.1, -0.05) is 11.6 Å². The highest BCUT2D eigenvalue weighted by Crippen LogP contribution is 2.19. The van der Waals surface area contributed by atoms with E-state index in [-0.39, 0.29) is 6.42 Å². The number of carboxylic acid groups (broad SMARTS) is 1. The molecular weight excluding hydrogens is 216 g/mol. The summed E-state index contributed by atoms with van der Waals surface area (Å²) in [7, 11) is 0. The van der Waals surface area contributed by atoms with Crippen molar-refractivity contribution in [2.75, 3.05) is 0 Å². The van der Waals surface area contributed by atoms with Gasteiger partial charge in [-0.05, 0) is 19.1 Å². The normalized spacial score (nSPS) is 10.8. The number of fused-ring (bicyclic) bond motifs is 1. The van der Waals surface area contributed by atoms with Crippen LogP contribution in [0.3, 0.4) is 0 Å². The van der Waals surface area contributed by atoms with E-state index in [9.17, 15) is 4.79 Å². The van der Waals surface area contributed by atoms with Gasteiger partial charge in [0.05, 0.1) is 17.1 Å². The zero-order chi connectivity index (χ0) is 11.0. The molecule has 5 heteroatoms. The van der Waals surface area contributed by atoms with Crippen molar-refractivity contribution in [2.45, 2.75) is 13.3 Å². The highest BCUT2D eigenvalue weighted by molar-refractivity contribution is 6.33. The van der Waals surface area contributed by atoms with Gasteiger partial charge in [0.2, 0.25) is 0 Å². The summed E-state index contributed by atoms with van der Waals surface area (Å²) in [6.45, 7) is 1.83. The molecule has 78 valence electrons. The Morgan fingerprint density at radius 1 is 1.67 bits per heavy atom. The molecule has 0 spiro atoms. The Morgan fingerprint density at radius 2 is 2.40 bits per heavy atom. The fourth-order valence-electron chi connectivity index (χ4n) is 1.51. The van der Waals surface area contributed by atoms with Gasteiger partial charge in [-0.2, -0.15) is 0 Å². The number of imidazole rings is 1. The topological polar surface area (TPSA) is 54.6 Å². The number of hydrogen-bond acceptors (Lipinski definition) is 2. The van der Waals surface area contributed by atoms with E-state index in [0.29, 0.717) is 16.4 Å². The average molecular weight is 225 g/mol. The predicted molar refractivity (Wildman–Crippen MR) is 56.3 cm³/mol. The number of pyridine rings is 1. The number of aryl methyl sites for hydroxylation is 1. The van der Waals surface area contributed by atoms with Crippen molar-refractivity contribution >= 4 is 23.2 Å². The maximum Gasteiger partial charge on any atom is 0.309 e. The molecule has 0 saturated heterocycles. The monoisotopic (exact) mass is 224 g/mol. The Hall–Kier alpha value is -1.55. The van der Waals surface area contributed by atoms with E-state index in [0.717, 1.165) is 5.69 Å². The molecule has 4 nitrogen and oxygen atoms in total. The quantitative estimate of drug-likeness (QED) is 0.848. The third-order valence-corrected chi connectivity index (χ3v) is 2.55. The summed E-state index contributed by atoms with van der Waals surface area (Å²) in [5.41, 5.74) is 1.97. The zero-order valence-corrected chi connectivity index (χ0v) is 8.82. The summed E-state index contributed by atoms with van der Waals surface area (Å²) in [5, 5.41) is 9.23. The lowest BCUT2D eigenvalue weighted by Gasteiger charge is -1.96. The maximum atomic E-state index is 10.6. The van der Waals surface area contributed by atoms with Crippen LogP contribution in [0.2, 0.25) is 5.02 Å². The Morgan fingerprint density at radius 3 is 3.00 bits per heavy atom. The summed E-state index contributed by atoms with van der Waals surface area (Å²) in [6.07, 6.45) is 1.73. The van der Waals surface area contributed by atoms with E-state index in [2.05, 4.69) is 4.98 Å². The second-order valence-corrected chi connectivity index (χ2v) is 3.67. The molecule has 0 aliphatic carbocycles. The molecule has 0 radical (unpaired) electrons. The highest BCUT2D eigenvalue weighted by Gasteiger charge is 2.12. The van der Waals surface area contributed by atoms with Crippen LogP contribution >= 0.6 is 11.6 Å². The van der Waals surface area contributed by atoms with E-state index in [1.54, 1.807) is 16.5 Å². The number of nitrogens with zero attached hydrogens (tertiary/aromatic N) is 2. The van der Waals surface area contributed by atoms with E-state index in [1.165, 1.54) is 0 Å². The molecule has 0 aliphatic rings. The lowest BCUT2D eigenvalue weighted by molar-refractivity contribution is -0.136. The summed E-state index contributed by atoms with van der Waals surface area (Å²) in [6, 6.07) is 3.53. The number of carbonyl (C=O) groups is 1. The molecule has 0 bridgehead atoms. The second-order valence-electron chi connectivity index (χ2n) is 3.26. The first-order valence-corrected chi connectivity index (χ1v) is 4.81. The Balaban J connectivity index is 2.64. The van der Waals surface area contributed by atoms with Crippen LogP contribution in [0.15, 0.2) is 18.3 Å². The molecular formula is C10H9ClN2O2. The Kier molecular flexibility index (Phi) is 2.36. The van der Waals surface area contributed by atoms with Gasteiger partial charge in [-0.3, -0.25) is 4.79 Å². The maximum absolute atomic E-state index is 10.6. The van der Waals surface area contributed by atoms with Crippen molar-refractivity contribution in [3.63, 3.8) is 0 Å². The molecule has 0 fully saturated rings. The van der Waals surface area contributed by atoms with Crippen LogP contribution in [-0.4, -0.2) is 20.5 Å². The van der Waals surface area contributed by atoms with Crippen molar-refractivity contribution in [3.05, 3.63) is 34.7 Å². The van der Waals surface area contributed by atoms with Crippen LogP contribution in [0.25, 0.3) is 5.65 Å². The molecule has 0 atom stereocenters. The van der Waals surface area contributed by atoms with Gasteiger partial charge in [0.25, 0.3) is 0 Å². The minimum absolute atomic E-state index is 0.0795. The molecule has 2 heterocycles. The molecule has 0 aromatic carbocycles. The van der Waals surface area contributed by atoms with Gasteiger partial charge < -0.3 is 9.51 Å². The fraction of sp³-hybridized carbons (Fsp3) is 0.200. The first kappa shape index (κ1) is 9.98. The number of aliphatic carboxylic acids is 1. The minimum atomic E-state index is -0.891. The summed E-state index contributed by atoms with van der Waals surface area (Å²) in [4.78, 5) is 14.8. The summed E-state index contributed by atoms with van der Waals surface area (Å²) < 4.78 is 1.79. The number of halogens is 1. The van der Waals surface area contributed by atoms with E-state index in [4.69, 9.17) is 16.7 Å². The average Bonchev–Trinajstić information content (AvgIpc) is 2.46. The number of carboxylic acids is 1. The van der Waals surface area contributed by atoms with Crippen molar-refractivity contribution in [1.29, 1.82) is 0 Å². The third kappa shape index (κ3) is 1.68. The van der Waals surface area contributed by atoms with Crippen molar-refractivity contribution in [1.82, 2.24) is 9.38 Å². The zero-order valence-electron chi connectivity index (χ0n) is 8.07. The van der Waals surface area contributed by atoms with E-state index < -0.39 is 5.97 Å². The highest BCUT2D eigenvalue weighted by atomic mass is 35.5. The van der Waals surface area contributed by atoms with Crippen LogP contribution in [-0.2, 0) is 11.2 Å². The largest absolute Gasteiger partial charge is 0.481 e. The van der Waals surface area contributed by atoms with Crippen molar-refractivity contribution in [2.24, 2.45) is 0 Å².